The molecule has 140 valence electrons. The molecule has 10 heteroatoms. The number of nitrogens with two attached hydrogens (primary N) is 2. The average Bonchev–Trinajstić information content (AvgIpc) is 2.62. The fraction of sp³-hybridized carbons (Fsp3) is 0.188. The van der Waals surface area contributed by atoms with E-state index in [1.54, 1.807) is 18.2 Å². The maximum atomic E-state index is 12.7. The van der Waals surface area contributed by atoms with Gasteiger partial charge in [-0.05, 0) is 35.9 Å². The maximum Gasteiger partial charge on any atom is 0.265 e. The van der Waals surface area contributed by atoms with Crippen LogP contribution in [-0.2, 0) is 16.6 Å². The van der Waals surface area contributed by atoms with Crippen molar-refractivity contribution in [1.29, 1.82) is 0 Å². The van der Waals surface area contributed by atoms with Gasteiger partial charge in [0.2, 0.25) is 10.0 Å². The average molecular weight is 417 g/mol. The van der Waals surface area contributed by atoms with E-state index in [1.807, 2.05) is 5.43 Å². The summed E-state index contributed by atoms with van der Waals surface area (Å²) >= 11 is 12.2. The molecule has 2 aromatic rings. The van der Waals surface area contributed by atoms with Crippen LogP contribution in [0.25, 0.3) is 0 Å². The summed E-state index contributed by atoms with van der Waals surface area (Å²) in [6.07, 6.45) is 0. The molecule has 1 amide bonds. The largest absolute Gasteiger partial charge is 0.329 e. The number of halogens is 2. The number of sulfonamides is 1. The Balaban J connectivity index is 2.45. The SMILES string of the molecule is NCCS(=O)(=O)N(Cc1cccc(Cl)c1Cl)c1ccc(C(=O)NN)cc1. The van der Waals surface area contributed by atoms with Crippen molar-refractivity contribution in [2.24, 2.45) is 11.6 Å². The molecule has 0 fully saturated rings. The first-order chi connectivity index (χ1) is 12.3. The Hall–Kier alpha value is -1.84. The van der Waals surface area contributed by atoms with Gasteiger partial charge >= 0.3 is 0 Å². The molecule has 2 rings (SSSR count). The van der Waals surface area contributed by atoms with Crippen molar-refractivity contribution < 1.29 is 13.2 Å². The number of hydrogen-bond acceptors (Lipinski definition) is 5. The molecule has 0 spiro atoms. The number of nitrogen functional groups attached to an aromatic ring is 1. The summed E-state index contributed by atoms with van der Waals surface area (Å²) in [4.78, 5) is 11.6. The number of hydrogen-bond donors (Lipinski definition) is 3. The summed E-state index contributed by atoms with van der Waals surface area (Å²) in [5.41, 5.74) is 8.66. The first-order valence-electron chi connectivity index (χ1n) is 7.54. The lowest BCUT2D eigenvalue weighted by molar-refractivity contribution is 0.0953. The van der Waals surface area contributed by atoms with Crippen molar-refractivity contribution in [3.8, 4) is 0 Å². The zero-order valence-corrected chi connectivity index (χ0v) is 16.0. The van der Waals surface area contributed by atoms with Gasteiger partial charge in [0.05, 0.1) is 28.0 Å². The molecule has 0 aromatic heterocycles. The van der Waals surface area contributed by atoms with Crippen LogP contribution in [-0.4, -0.2) is 26.6 Å². The van der Waals surface area contributed by atoms with Crippen LogP contribution in [0.2, 0.25) is 10.0 Å². The van der Waals surface area contributed by atoms with Crippen molar-refractivity contribution >= 4 is 44.8 Å². The Morgan fingerprint density at radius 1 is 1.12 bits per heavy atom. The van der Waals surface area contributed by atoms with Gasteiger partial charge in [-0.1, -0.05) is 35.3 Å². The van der Waals surface area contributed by atoms with E-state index in [9.17, 15) is 13.2 Å². The maximum absolute atomic E-state index is 12.7. The molecule has 26 heavy (non-hydrogen) atoms. The molecule has 5 N–H and O–H groups in total. The van der Waals surface area contributed by atoms with Crippen LogP contribution >= 0.6 is 23.2 Å². The highest BCUT2D eigenvalue weighted by Crippen LogP contribution is 2.29. The Bertz CT molecular complexity index is 889. The van der Waals surface area contributed by atoms with Crippen LogP contribution in [0, 0.1) is 0 Å². The van der Waals surface area contributed by atoms with Crippen LogP contribution in [0.1, 0.15) is 15.9 Å². The second kappa shape index (κ2) is 8.70. The standard InChI is InChI=1S/C16H18Cl2N4O3S/c17-14-3-1-2-12(15(14)18)10-22(26(24,25)9-8-19)13-6-4-11(5-7-13)16(23)21-20/h1-7H,8-10,19-20H2,(H,21,23). The lowest BCUT2D eigenvalue weighted by atomic mass is 10.2. The Morgan fingerprint density at radius 3 is 2.35 bits per heavy atom. The van der Waals surface area contributed by atoms with Gasteiger partial charge in [0.25, 0.3) is 5.91 Å². The molecule has 0 saturated heterocycles. The molecule has 0 radical (unpaired) electrons. The highest BCUT2D eigenvalue weighted by atomic mass is 35.5. The Kier molecular flexibility index (Phi) is 6.85. The number of carbonyl (C=O) groups is 1. The highest BCUT2D eigenvalue weighted by Gasteiger charge is 2.23. The van der Waals surface area contributed by atoms with E-state index < -0.39 is 15.9 Å². The minimum atomic E-state index is -3.71. The second-order valence-corrected chi connectivity index (χ2v) is 8.14. The molecule has 0 saturated carbocycles. The third-order valence-corrected chi connectivity index (χ3v) is 6.23. The van der Waals surface area contributed by atoms with Gasteiger partial charge in [-0.15, -0.1) is 0 Å². The zero-order chi connectivity index (χ0) is 19.3. The Labute approximate surface area is 161 Å². The molecule has 0 bridgehead atoms. The number of rotatable bonds is 7. The van der Waals surface area contributed by atoms with Gasteiger partial charge in [-0.3, -0.25) is 14.5 Å². The van der Waals surface area contributed by atoms with E-state index in [2.05, 4.69) is 0 Å². The van der Waals surface area contributed by atoms with Crippen LogP contribution in [0.5, 0.6) is 0 Å². The molecule has 0 atom stereocenters. The van der Waals surface area contributed by atoms with Gasteiger partial charge in [0.15, 0.2) is 0 Å². The molecule has 2 aromatic carbocycles. The number of hydrazine groups is 1. The Morgan fingerprint density at radius 2 is 1.77 bits per heavy atom. The van der Waals surface area contributed by atoms with E-state index in [1.165, 1.54) is 28.6 Å². The first kappa shape index (κ1) is 20.5. The van der Waals surface area contributed by atoms with Crippen LogP contribution in [0.4, 0.5) is 5.69 Å². The molecule has 0 heterocycles. The van der Waals surface area contributed by atoms with Gasteiger partial charge in [-0.2, -0.15) is 0 Å². The third-order valence-electron chi connectivity index (χ3n) is 3.61. The first-order valence-corrected chi connectivity index (χ1v) is 9.91. The summed E-state index contributed by atoms with van der Waals surface area (Å²) in [6, 6.07) is 11.0. The molecular weight excluding hydrogens is 399 g/mol. The number of carbonyl (C=O) groups excluding carboxylic acids is 1. The van der Waals surface area contributed by atoms with Crippen molar-refractivity contribution in [2.75, 3.05) is 16.6 Å². The molecular formula is C16H18Cl2N4O3S. The number of amides is 1. The predicted octanol–water partition coefficient (Wildman–Crippen LogP) is 1.89. The summed E-state index contributed by atoms with van der Waals surface area (Å²) in [5.74, 6) is 4.38. The molecule has 0 unspecified atom stereocenters. The lowest BCUT2D eigenvalue weighted by Gasteiger charge is -2.25. The minimum absolute atomic E-state index is 0.0237. The summed E-state index contributed by atoms with van der Waals surface area (Å²) in [7, 11) is -3.71. The fourth-order valence-corrected chi connectivity index (χ4v) is 3.97. The number of nitrogens with zero attached hydrogens (tertiary/aromatic N) is 1. The predicted molar refractivity (Wildman–Crippen MR) is 104 cm³/mol. The van der Waals surface area contributed by atoms with Gasteiger partial charge in [0.1, 0.15) is 0 Å². The van der Waals surface area contributed by atoms with E-state index in [0.29, 0.717) is 21.8 Å². The van der Waals surface area contributed by atoms with Crippen molar-refractivity contribution in [2.45, 2.75) is 6.54 Å². The molecule has 0 aliphatic heterocycles. The number of benzene rings is 2. The van der Waals surface area contributed by atoms with Crippen LogP contribution in [0.3, 0.4) is 0 Å². The van der Waals surface area contributed by atoms with E-state index in [4.69, 9.17) is 34.8 Å². The quantitative estimate of drug-likeness (QED) is 0.361. The number of anilines is 1. The highest BCUT2D eigenvalue weighted by molar-refractivity contribution is 7.92. The monoisotopic (exact) mass is 416 g/mol. The zero-order valence-electron chi connectivity index (χ0n) is 13.7. The van der Waals surface area contributed by atoms with Crippen molar-refractivity contribution in [1.82, 2.24) is 5.43 Å². The van der Waals surface area contributed by atoms with Gasteiger partial charge in [0, 0.05) is 12.1 Å². The summed E-state index contributed by atoms with van der Waals surface area (Å²) < 4.78 is 26.5. The smallest absolute Gasteiger partial charge is 0.265 e. The van der Waals surface area contributed by atoms with Crippen molar-refractivity contribution in [3.05, 3.63) is 63.6 Å². The lowest BCUT2D eigenvalue weighted by Crippen LogP contribution is -2.35. The summed E-state index contributed by atoms with van der Waals surface area (Å²) in [6.45, 7) is -0.0556. The third kappa shape index (κ3) is 4.66. The van der Waals surface area contributed by atoms with E-state index in [0.717, 1.165) is 0 Å². The summed E-state index contributed by atoms with van der Waals surface area (Å²) in [5, 5.41) is 0.608. The van der Waals surface area contributed by atoms with Crippen molar-refractivity contribution in [3.63, 3.8) is 0 Å². The van der Waals surface area contributed by atoms with Gasteiger partial charge < -0.3 is 5.73 Å². The minimum Gasteiger partial charge on any atom is -0.329 e. The van der Waals surface area contributed by atoms with E-state index >= 15 is 0 Å². The number of nitrogens with one attached hydrogen (secondary N) is 1. The van der Waals surface area contributed by atoms with Crippen LogP contribution in [0.15, 0.2) is 42.5 Å². The van der Waals surface area contributed by atoms with Gasteiger partial charge in [-0.25, -0.2) is 14.3 Å². The topological polar surface area (TPSA) is 119 Å². The van der Waals surface area contributed by atoms with E-state index in [-0.39, 0.29) is 23.9 Å². The normalized spacial score (nSPS) is 11.2. The fourth-order valence-electron chi connectivity index (χ4n) is 2.30. The molecule has 0 aliphatic rings. The second-order valence-electron chi connectivity index (χ2n) is 5.34. The molecule has 0 aliphatic carbocycles. The molecule has 7 nitrogen and oxygen atoms in total. The van der Waals surface area contributed by atoms with Crippen LogP contribution < -0.4 is 21.3 Å².